The Balaban J connectivity index is 3.21. The van der Waals surface area contributed by atoms with Gasteiger partial charge in [0.15, 0.2) is 0 Å². The van der Waals surface area contributed by atoms with Crippen LogP contribution in [0.5, 0.6) is 0 Å². The van der Waals surface area contributed by atoms with Crippen LogP contribution >= 0.6 is 0 Å². The van der Waals surface area contributed by atoms with Gasteiger partial charge < -0.3 is 24.8 Å². The third-order valence-corrected chi connectivity index (χ3v) is 2.63. The number of carbonyl (C=O) groups excluding carboxylic acids is 2. The second-order valence-electron chi connectivity index (χ2n) is 5.23. The van der Waals surface area contributed by atoms with Crippen LogP contribution < -0.4 is 10.6 Å². The lowest BCUT2D eigenvalue weighted by atomic mass is 10.4. The molecule has 0 heterocycles. The fourth-order valence-corrected chi connectivity index (χ4v) is 1.51. The van der Waals surface area contributed by atoms with E-state index in [0.29, 0.717) is 39.2 Å². The number of hydrogen-bond acceptors (Lipinski definition) is 5. The summed E-state index contributed by atoms with van der Waals surface area (Å²) in [5.41, 5.74) is 0. The zero-order valence-electron chi connectivity index (χ0n) is 14.0. The summed E-state index contributed by atoms with van der Waals surface area (Å²) in [6.45, 7) is 5.78. The number of amides is 2. The minimum Gasteiger partial charge on any atom is -0.381 e. The molecular weight excluding hydrogens is 307 g/mol. The van der Waals surface area contributed by atoms with Gasteiger partial charge in [-0.15, -0.1) is 0 Å². The Morgan fingerprint density at radius 3 is 2.57 bits per heavy atom. The quantitative estimate of drug-likeness (QED) is 0.315. The molecule has 0 spiro atoms. The fourth-order valence-electron chi connectivity index (χ4n) is 1.51. The Morgan fingerprint density at radius 1 is 1.17 bits per heavy atom. The Bertz CT molecular complexity index is 306. The number of alkyl halides is 1. The van der Waals surface area contributed by atoms with Crippen molar-refractivity contribution in [1.82, 2.24) is 10.6 Å². The van der Waals surface area contributed by atoms with Crippen molar-refractivity contribution >= 4 is 12.3 Å². The molecule has 0 saturated carbocycles. The molecule has 0 aromatic rings. The van der Waals surface area contributed by atoms with Gasteiger partial charge in [-0.2, -0.15) is 0 Å². The summed E-state index contributed by atoms with van der Waals surface area (Å²) in [4.78, 5) is 21.3. The zero-order valence-corrected chi connectivity index (χ0v) is 14.0. The molecule has 0 saturated heterocycles. The van der Waals surface area contributed by atoms with Crippen LogP contribution in [0.1, 0.15) is 26.7 Å². The highest BCUT2D eigenvalue weighted by molar-refractivity contribution is 5.77. The molecule has 0 radical (unpaired) electrons. The van der Waals surface area contributed by atoms with E-state index in [-0.39, 0.29) is 31.8 Å². The Morgan fingerprint density at radius 2 is 1.87 bits per heavy atom. The van der Waals surface area contributed by atoms with Crippen LogP contribution in [-0.4, -0.2) is 70.7 Å². The van der Waals surface area contributed by atoms with Crippen molar-refractivity contribution in [3.05, 3.63) is 0 Å². The van der Waals surface area contributed by atoms with Crippen LogP contribution in [0.25, 0.3) is 0 Å². The van der Waals surface area contributed by atoms with Gasteiger partial charge in [-0.25, -0.2) is 4.39 Å². The van der Waals surface area contributed by atoms with Gasteiger partial charge in [0.1, 0.15) is 12.8 Å². The van der Waals surface area contributed by atoms with E-state index in [1.807, 2.05) is 13.8 Å². The first kappa shape index (κ1) is 21.8. The molecular formula is C15H29FN2O5. The second kappa shape index (κ2) is 15.6. The average molecular weight is 336 g/mol. The standard InChI is InChI=1S/C15H29FN2O5/c1-13(2)23-11-15(20)18-5-3-6-21-7-4-8-22-10-14(16)9-17-12-19/h12-14H,3-11H2,1-2H3,(H,17,19)(H,18,20). The Kier molecular flexibility index (Phi) is 14.8. The minimum atomic E-state index is -1.19. The molecule has 0 aliphatic heterocycles. The van der Waals surface area contributed by atoms with Crippen LogP contribution in [0.3, 0.4) is 0 Å². The smallest absolute Gasteiger partial charge is 0.246 e. The van der Waals surface area contributed by atoms with E-state index in [1.165, 1.54) is 0 Å². The molecule has 2 N–H and O–H groups in total. The van der Waals surface area contributed by atoms with Crippen molar-refractivity contribution < 1.29 is 28.2 Å². The van der Waals surface area contributed by atoms with Crippen molar-refractivity contribution in [1.29, 1.82) is 0 Å². The van der Waals surface area contributed by atoms with Crippen LogP contribution in [0, 0.1) is 0 Å². The summed E-state index contributed by atoms with van der Waals surface area (Å²) in [6, 6.07) is 0. The first-order valence-corrected chi connectivity index (χ1v) is 7.91. The zero-order chi connectivity index (χ0) is 17.3. The van der Waals surface area contributed by atoms with Crippen LogP contribution in [0.2, 0.25) is 0 Å². The maximum absolute atomic E-state index is 13.0. The predicted molar refractivity (Wildman–Crippen MR) is 83.9 cm³/mol. The number of halogens is 1. The summed E-state index contributed by atoms with van der Waals surface area (Å²) >= 11 is 0. The van der Waals surface area contributed by atoms with Gasteiger partial charge in [0.2, 0.25) is 12.3 Å². The number of carbonyl (C=O) groups is 2. The van der Waals surface area contributed by atoms with E-state index in [4.69, 9.17) is 14.2 Å². The summed E-state index contributed by atoms with van der Waals surface area (Å²) in [5, 5.41) is 4.99. The maximum atomic E-state index is 13.0. The number of rotatable bonds is 16. The van der Waals surface area contributed by atoms with Gasteiger partial charge in [0.05, 0.1) is 19.3 Å². The topological polar surface area (TPSA) is 85.9 Å². The normalized spacial score (nSPS) is 12.2. The molecule has 0 rings (SSSR count). The van der Waals surface area contributed by atoms with Crippen LogP contribution in [-0.2, 0) is 23.8 Å². The molecule has 2 amide bonds. The molecule has 0 aromatic carbocycles. The number of hydrogen-bond donors (Lipinski definition) is 2. The van der Waals surface area contributed by atoms with Gasteiger partial charge in [0.25, 0.3) is 0 Å². The van der Waals surface area contributed by atoms with Gasteiger partial charge >= 0.3 is 0 Å². The predicted octanol–water partition coefficient (Wildman–Crippen LogP) is 0.425. The third kappa shape index (κ3) is 16.9. The summed E-state index contributed by atoms with van der Waals surface area (Å²) in [5.74, 6) is -0.128. The number of ether oxygens (including phenoxy) is 3. The highest BCUT2D eigenvalue weighted by atomic mass is 19.1. The van der Waals surface area contributed by atoms with E-state index in [9.17, 15) is 14.0 Å². The van der Waals surface area contributed by atoms with E-state index >= 15 is 0 Å². The molecule has 0 aliphatic carbocycles. The van der Waals surface area contributed by atoms with E-state index < -0.39 is 6.17 Å². The van der Waals surface area contributed by atoms with Gasteiger partial charge in [-0.3, -0.25) is 9.59 Å². The summed E-state index contributed by atoms with van der Waals surface area (Å²) < 4.78 is 28.7. The summed E-state index contributed by atoms with van der Waals surface area (Å²) in [6.07, 6.45) is 0.700. The lowest BCUT2D eigenvalue weighted by Gasteiger charge is -2.09. The highest BCUT2D eigenvalue weighted by Gasteiger charge is 2.05. The largest absolute Gasteiger partial charge is 0.381 e. The SMILES string of the molecule is CC(C)OCC(=O)NCCCOCCCOCC(F)CNC=O. The molecule has 7 nitrogen and oxygen atoms in total. The van der Waals surface area contributed by atoms with Crippen molar-refractivity contribution in [2.45, 2.75) is 39.0 Å². The van der Waals surface area contributed by atoms with Crippen molar-refractivity contribution in [3.8, 4) is 0 Å². The van der Waals surface area contributed by atoms with Crippen molar-refractivity contribution in [2.24, 2.45) is 0 Å². The molecule has 0 fully saturated rings. The molecule has 0 aromatic heterocycles. The molecule has 23 heavy (non-hydrogen) atoms. The Labute approximate surface area is 137 Å². The summed E-state index contributed by atoms with van der Waals surface area (Å²) in [7, 11) is 0. The lowest BCUT2D eigenvalue weighted by molar-refractivity contribution is -0.127. The first-order chi connectivity index (χ1) is 11.1. The molecule has 136 valence electrons. The highest BCUT2D eigenvalue weighted by Crippen LogP contribution is 1.93. The maximum Gasteiger partial charge on any atom is 0.246 e. The van der Waals surface area contributed by atoms with Crippen LogP contribution in [0.4, 0.5) is 4.39 Å². The van der Waals surface area contributed by atoms with E-state index in [0.717, 1.165) is 6.42 Å². The first-order valence-electron chi connectivity index (χ1n) is 7.91. The second-order valence-corrected chi connectivity index (χ2v) is 5.23. The molecule has 8 heteroatoms. The molecule has 1 atom stereocenters. The van der Waals surface area contributed by atoms with Gasteiger partial charge in [0, 0.05) is 26.4 Å². The molecule has 1 unspecified atom stereocenters. The van der Waals surface area contributed by atoms with E-state index in [1.54, 1.807) is 0 Å². The van der Waals surface area contributed by atoms with Crippen molar-refractivity contribution in [2.75, 3.05) is 46.1 Å². The van der Waals surface area contributed by atoms with Gasteiger partial charge in [-0.05, 0) is 26.7 Å². The third-order valence-electron chi connectivity index (χ3n) is 2.63. The van der Waals surface area contributed by atoms with Crippen LogP contribution in [0.15, 0.2) is 0 Å². The van der Waals surface area contributed by atoms with Crippen molar-refractivity contribution in [3.63, 3.8) is 0 Å². The monoisotopic (exact) mass is 336 g/mol. The Hall–Kier alpha value is -1.25. The molecule has 0 bridgehead atoms. The average Bonchev–Trinajstić information content (AvgIpc) is 2.52. The van der Waals surface area contributed by atoms with Gasteiger partial charge in [-0.1, -0.05) is 0 Å². The molecule has 0 aliphatic rings. The lowest BCUT2D eigenvalue weighted by Crippen LogP contribution is -2.30. The fraction of sp³-hybridized carbons (Fsp3) is 0.867. The number of nitrogens with one attached hydrogen (secondary N) is 2. The minimum absolute atomic E-state index is 0.0338. The van der Waals surface area contributed by atoms with E-state index in [2.05, 4.69) is 10.6 Å².